The molecule has 4 atom stereocenters. The highest BCUT2D eigenvalue weighted by molar-refractivity contribution is 7.80. The minimum absolute atomic E-state index is 0.0866. The Labute approximate surface area is 193 Å². The van der Waals surface area contributed by atoms with Crippen LogP contribution in [0, 0.1) is 0 Å². The summed E-state index contributed by atoms with van der Waals surface area (Å²) in [7, 11) is 0. The van der Waals surface area contributed by atoms with E-state index in [0.717, 1.165) is 0 Å². The van der Waals surface area contributed by atoms with E-state index in [1.807, 2.05) is 0 Å². The number of aromatic nitrogens is 4. The summed E-state index contributed by atoms with van der Waals surface area (Å²) in [6.07, 6.45) is 5.78. The normalized spacial score (nSPS) is 14.5. The lowest BCUT2D eigenvalue weighted by Crippen LogP contribution is -2.58. The number of carboxylic acid groups (broad SMARTS) is 1. The molecule has 2 rings (SSSR count). The summed E-state index contributed by atoms with van der Waals surface area (Å²) < 4.78 is 0. The molecule has 0 aromatic carbocycles. The second kappa shape index (κ2) is 12.6. The monoisotopic (exact) mass is 482 g/mol. The van der Waals surface area contributed by atoms with E-state index in [1.165, 1.54) is 25.0 Å². The van der Waals surface area contributed by atoms with Crippen LogP contribution in [0.3, 0.4) is 0 Å². The lowest BCUT2D eigenvalue weighted by molar-refractivity contribution is -0.142. The molecule has 0 fully saturated rings. The molecule has 0 aliphatic carbocycles. The van der Waals surface area contributed by atoms with Gasteiger partial charge in [-0.25, -0.2) is 14.8 Å². The van der Waals surface area contributed by atoms with Crippen molar-refractivity contribution in [3.8, 4) is 0 Å². The molecule has 180 valence electrons. The Balaban J connectivity index is 1.93. The molecule has 9 N–H and O–H groups in total. The molecule has 2 aromatic rings. The summed E-state index contributed by atoms with van der Waals surface area (Å²) in [4.78, 5) is 61.9. The molecule has 0 saturated heterocycles. The van der Waals surface area contributed by atoms with Crippen LogP contribution < -0.4 is 21.7 Å². The Morgan fingerprint density at radius 3 is 1.91 bits per heavy atom. The molecule has 0 bridgehead atoms. The smallest absolute Gasteiger partial charge is 0.326 e. The summed E-state index contributed by atoms with van der Waals surface area (Å²) in [6.45, 7) is -0.805. The minimum Gasteiger partial charge on any atom is -0.480 e. The van der Waals surface area contributed by atoms with Gasteiger partial charge in [-0.2, -0.15) is 12.6 Å². The van der Waals surface area contributed by atoms with E-state index < -0.39 is 54.5 Å². The maximum absolute atomic E-state index is 12.5. The molecule has 0 radical (unpaired) electrons. The number of carboxylic acids is 1. The first-order valence-corrected chi connectivity index (χ1v) is 10.4. The van der Waals surface area contributed by atoms with Crippen molar-refractivity contribution in [1.29, 1.82) is 0 Å². The summed E-state index contributed by atoms with van der Waals surface area (Å²) >= 11 is 4.04. The van der Waals surface area contributed by atoms with Gasteiger partial charge < -0.3 is 41.9 Å². The molecule has 15 heteroatoms. The average Bonchev–Trinajstić information content (AvgIpc) is 3.49. The van der Waals surface area contributed by atoms with Gasteiger partial charge in [-0.3, -0.25) is 14.4 Å². The zero-order chi connectivity index (χ0) is 24.4. The Kier molecular flexibility index (Phi) is 9.84. The number of carbonyl (C=O) groups excluding carboxylic acids is 3. The number of carbonyl (C=O) groups is 4. The lowest BCUT2D eigenvalue weighted by atomic mass is 10.1. The first-order chi connectivity index (χ1) is 15.7. The number of imidazole rings is 2. The highest BCUT2D eigenvalue weighted by Crippen LogP contribution is 2.01. The van der Waals surface area contributed by atoms with Crippen LogP contribution in [0.15, 0.2) is 25.0 Å². The number of aliphatic hydroxyl groups is 1. The zero-order valence-corrected chi connectivity index (χ0v) is 18.3. The first kappa shape index (κ1) is 25.8. The number of aromatic amines is 2. The van der Waals surface area contributed by atoms with Gasteiger partial charge in [0, 0.05) is 42.4 Å². The van der Waals surface area contributed by atoms with Crippen LogP contribution in [-0.2, 0) is 32.0 Å². The topological polar surface area (TPSA) is 228 Å². The van der Waals surface area contributed by atoms with E-state index in [0.29, 0.717) is 11.4 Å². The zero-order valence-electron chi connectivity index (χ0n) is 17.4. The highest BCUT2D eigenvalue weighted by atomic mass is 32.1. The van der Waals surface area contributed by atoms with E-state index in [2.05, 4.69) is 48.5 Å². The number of amides is 3. The van der Waals surface area contributed by atoms with Crippen LogP contribution in [0.1, 0.15) is 11.4 Å². The van der Waals surface area contributed by atoms with Gasteiger partial charge in [0.25, 0.3) is 0 Å². The van der Waals surface area contributed by atoms with Gasteiger partial charge in [0.1, 0.15) is 18.1 Å². The highest BCUT2D eigenvalue weighted by Gasteiger charge is 2.30. The van der Waals surface area contributed by atoms with Gasteiger partial charge in [-0.1, -0.05) is 0 Å². The van der Waals surface area contributed by atoms with Crippen LogP contribution in [-0.4, -0.2) is 90.4 Å². The third kappa shape index (κ3) is 7.89. The van der Waals surface area contributed by atoms with E-state index in [4.69, 9.17) is 5.73 Å². The SMILES string of the molecule is NC(Cc1cnc[nH]1)C(=O)NC(CS)C(=O)NC(CO)C(=O)NC(Cc1cnc[nH]1)C(=O)O. The van der Waals surface area contributed by atoms with Crippen molar-refractivity contribution >= 4 is 36.3 Å². The van der Waals surface area contributed by atoms with Gasteiger partial charge in [0.05, 0.1) is 25.3 Å². The number of nitrogens with one attached hydrogen (secondary N) is 5. The van der Waals surface area contributed by atoms with Crippen molar-refractivity contribution < 1.29 is 29.4 Å². The molecular weight excluding hydrogens is 456 g/mol. The average molecular weight is 483 g/mol. The molecule has 0 spiro atoms. The van der Waals surface area contributed by atoms with Gasteiger partial charge in [-0.05, 0) is 0 Å². The molecule has 0 aliphatic rings. The van der Waals surface area contributed by atoms with Crippen LogP contribution in [0.4, 0.5) is 0 Å². The van der Waals surface area contributed by atoms with Crippen molar-refractivity contribution in [3.63, 3.8) is 0 Å². The molecule has 3 amide bonds. The largest absolute Gasteiger partial charge is 0.480 e. The van der Waals surface area contributed by atoms with Crippen molar-refractivity contribution in [3.05, 3.63) is 36.4 Å². The fourth-order valence-corrected chi connectivity index (χ4v) is 3.01. The summed E-state index contributed by atoms with van der Waals surface area (Å²) in [5.74, 6) is -3.78. The standard InChI is InChI=1S/C18H26N8O6S/c19-11(1-9-3-20-7-22-9)15(28)26-14(6-33)17(30)25-13(5-27)16(29)24-12(18(31)32)2-10-4-21-8-23-10/h3-4,7-8,11-14,27,33H,1-2,5-6,19H2,(H,20,22)(H,21,23)(H,24,29)(H,25,30)(H,26,28)(H,31,32). The molecule has 4 unspecified atom stereocenters. The summed E-state index contributed by atoms with van der Waals surface area (Å²) in [5.41, 5.74) is 6.94. The van der Waals surface area contributed by atoms with Crippen molar-refractivity contribution in [2.75, 3.05) is 12.4 Å². The fraction of sp³-hybridized carbons (Fsp3) is 0.444. The van der Waals surface area contributed by atoms with E-state index in [9.17, 15) is 29.4 Å². The predicted octanol–water partition coefficient (Wildman–Crippen LogP) is -3.29. The van der Waals surface area contributed by atoms with Gasteiger partial charge in [-0.15, -0.1) is 0 Å². The quantitative estimate of drug-likeness (QED) is 0.130. The Morgan fingerprint density at radius 1 is 0.909 bits per heavy atom. The number of aliphatic carboxylic acids is 1. The van der Waals surface area contributed by atoms with Gasteiger partial charge in [0.15, 0.2) is 0 Å². The molecule has 2 aromatic heterocycles. The molecule has 0 saturated carbocycles. The fourth-order valence-electron chi connectivity index (χ4n) is 2.75. The molecule has 2 heterocycles. The molecule has 0 aliphatic heterocycles. The van der Waals surface area contributed by atoms with Crippen molar-refractivity contribution in [2.45, 2.75) is 37.0 Å². The number of nitrogens with zero attached hydrogens (tertiary/aromatic N) is 2. The van der Waals surface area contributed by atoms with Crippen LogP contribution in [0.2, 0.25) is 0 Å². The number of nitrogens with two attached hydrogens (primary N) is 1. The number of aliphatic hydroxyl groups excluding tert-OH is 1. The Morgan fingerprint density at radius 2 is 1.42 bits per heavy atom. The second-order valence-corrected chi connectivity index (χ2v) is 7.42. The van der Waals surface area contributed by atoms with Crippen molar-refractivity contribution in [2.24, 2.45) is 5.73 Å². The van der Waals surface area contributed by atoms with Crippen molar-refractivity contribution in [1.82, 2.24) is 35.9 Å². The van der Waals surface area contributed by atoms with E-state index in [1.54, 1.807) is 0 Å². The maximum Gasteiger partial charge on any atom is 0.326 e. The Bertz CT molecular complexity index is 923. The van der Waals surface area contributed by atoms with E-state index >= 15 is 0 Å². The van der Waals surface area contributed by atoms with Crippen LogP contribution >= 0.6 is 12.6 Å². The molecule has 33 heavy (non-hydrogen) atoms. The molecule has 14 nitrogen and oxygen atoms in total. The number of hydrogen-bond donors (Lipinski definition) is 9. The number of H-pyrrole nitrogens is 2. The number of rotatable bonds is 13. The van der Waals surface area contributed by atoms with Gasteiger partial charge >= 0.3 is 5.97 Å². The number of hydrogen-bond acceptors (Lipinski definition) is 9. The molecular formula is C18H26N8O6S. The summed E-state index contributed by atoms with van der Waals surface area (Å²) in [5, 5.41) is 25.9. The summed E-state index contributed by atoms with van der Waals surface area (Å²) in [6, 6.07) is -4.92. The van der Waals surface area contributed by atoms with Crippen LogP contribution in [0.5, 0.6) is 0 Å². The third-order valence-electron chi connectivity index (χ3n) is 4.56. The second-order valence-electron chi connectivity index (χ2n) is 7.06. The maximum atomic E-state index is 12.5. The predicted molar refractivity (Wildman–Crippen MR) is 117 cm³/mol. The first-order valence-electron chi connectivity index (χ1n) is 9.80. The van der Waals surface area contributed by atoms with E-state index in [-0.39, 0.29) is 18.6 Å². The third-order valence-corrected chi connectivity index (χ3v) is 4.92. The lowest BCUT2D eigenvalue weighted by Gasteiger charge is -2.23. The Hall–Kier alpha value is -3.43. The minimum atomic E-state index is -1.46. The van der Waals surface area contributed by atoms with Gasteiger partial charge in [0.2, 0.25) is 17.7 Å². The number of thiol groups is 1. The van der Waals surface area contributed by atoms with Crippen LogP contribution in [0.25, 0.3) is 0 Å².